The number of nitrogens with one attached hydrogen (secondary N) is 2. The SMILES string of the molecule is CCCCCCCCNNCC. The molecule has 0 saturated heterocycles. The Balaban J connectivity index is 2.73. The van der Waals surface area contributed by atoms with E-state index in [9.17, 15) is 0 Å². The molecule has 0 aromatic heterocycles. The Morgan fingerprint density at radius 3 is 2.08 bits per heavy atom. The molecule has 0 aromatic rings. The number of hydrogen-bond donors (Lipinski definition) is 2. The minimum atomic E-state index is 1.01. The Kier molecular flexibility index (Phi) is 10.8. The molecule has 0 unspecified atom stereocenters. The van der Waals surface area contributed by atoms with Crippen LogP contribution in [0.25, 0.3) is 0 Å². The van der Waals surface area contributed by atoms with E-state index in [1.165, 1.54) is 38.5 Å². The highest BCUT2D eigenvalue weighted by Crippen LogP contribution is 2.03. The van der Waals surface area contributed by atoms with Gasteiger partial charge < -0.3 is 0 Å². The Morgan fingerprint density at radius 1 is 0.750 bits per heavy atom. The average molecular weight is 172 g/mol. The summed E-state index contributed by atoms with van der Waals surface area (Å²) in [4.78, 5) is 0. The van der Waals surface area contributed by atoms with Gasteiger partial charge in [-0.2, -0.15) is 0 Å². The first-order valence-electron chi connectivity index (χ1n) is 5.37. The summed E-state index contributed by atoms with van der Waals surface area (Å²) in [5.41, 5.74) is 6.28. The summed E-state index contributed by atoms with van der Waals surface area (Å²) >= 11 is 0. The third-order valence-electron chi connectivity index (χ3n) is 1.96. The van der Waals surface area contributed by atoms with Crippen LogP contribution in [0.3, 0.4) is 0 Å². The van der Waals surface area contributed by atoms with Gasteiger partial charge in [-0.25, -0.2) is 0 Å². The van der Waals surface area contributed by atoms with E-state index in [-0.39, 0.29) is 0 Å². The number of hydrazine groups is 1. The van der Waals surface area contributed by atoms with Crippen molar-refractivity contribution in [2.75, 3.05) is 13.1 Å². The van der Waals surface area contributed by atoms with Crippen LogP contribution in [0.5, 0.6) is 0 Å². The van der Waals surface area contributed by atoms with Crippen molar-refractivity contribution >= 4 is 0 Å². The molecular weight excluding hydrogens is 148 g/mol. The van der Waals surface area contributed by atoms with Gasteiger partial charge in [0.2, 0.25) is 0 Å². The van der Waals surface area contributed by atoms with Gasteiger partial charge in [-0.15, -0.1) is 0 Å². The molecule has 0 aliphatic heterocycles. The fraction of sp³-hybridized carbons (Fsp3) is 1.00. The molecule has 0 aliphatic rings. The molecule has 2 nitrogen and oxygen atoms in total. The molecule has 0 atom stereocenters. The van der Waals surface area contributed by atoms with Gasteiger partial charge in [0.25, 0.3) is 0 Å². The second-order valence-corrected chi connectivity index (χ2v) is 3.22. The lowest BCUT2D eigenvalue weighted by molar-refractivity contribution is 0.512. The average Bonchev–Trinajstić information content (AvgIpc) is 2.10. The summed E-state index contributed by atoms with van der Waals surface area (Å²) in [6, 6.07) is 0. The smallest absolute Gasteiger partial charge is 0.00997 e. The fourth-order valence-corrected chi connectivity index (χ4v) is 1.21. The molecule has 0 rings (SSSR count). The van der Waals surface area contributed by atoms with E-state index in [0.29, 0.717) is 0 Å². The lowest BCUT2D eigenvalue weighted by Gasteiger charge is -2.03. The molecule has 0 saturated carbocycles. The quantitative estimate of drug-likeness (QED) is 0.412. The predicted molar refractivity (Wildman–Crippen MR) is 55.1 cm³/mol. The highest BCUT2D eigenvalue weighted by Gasteiger charge is 1.88. The molecule has 2 heteroatoms. The first-order valence-corrected chi connectivity index (χ1v) is 5.37. The van der Waals surface area contributed by atoms with Crippen LogP contribution < -0.4 is 10.9 Å². The van der Waals surface area contributed by atoms with Crippen LogP contribution in [-0.4, -0.2) is 13.1 Å². The molecule has 12 heavy (non-hydrogen) atoms. The first-order chi connectivity index (χ1) is 5.91. The summed E-state index contributed by atoms with van der Waals surface area (Å²) in [5.74, 6) is 0. The summed E-state index contributed by atoms with van der Waals surface area (Å²) in [6.07, 6.45) is 8.24. The zero-order valence-electron chi connectivity index (χ0n) is 8.66. The number of rotatable bonds is 9. The van der Waals surface area contributed by atoms with Crippen molar-refractivity contribution in [3.05, 3.63) is 0 Å². The van der Waals surface area contributed by atoms with Crippen molar-refractivity contribution in [3.8, 4) is 0 Å². The minimum Gasteiger partial charge on any atom is -0.258 e. The lowest BCUT2D eigenvalue weighted by atomic mass is 10.1. The molecule has 0 radical (unpaired) electrons. The second-order valence-electron chi connectivity index (χ2n) is 3.22. The van der Waals surface area contributed by atoms with Crippen LogP contribution in [0, 0.1) is 0 Å². The van der Waals surface area contributed by atoms with Crippen LogP contribution >= 0.6 is 0 Å². The van der Waals surface area contributed by atoms with Gasteiger partial charge in [0.05, 0.1) is 0 Å². The van der Waals surface area contributed by atoms with Crippen LogP contribution in [-0.2, 0) is 0 Å². The van der Waals surface area contributed by atoms with Crippen molar-refractivity contribution < 1.29 is 0 Å². The van der Waals surface area contributed by atoms with Gasteiger partial charge in [-0.1, -0.05) is 46.0 Å². The van der Waals surface area contributed by atoms with Crippen LogP contribution in [0.2, 0.25) is 0 Å². The predicted octanol–water partition coefficient (Wildman–Crippen LogP) is 2.46. The summed E-state index contributed by atoms with van der Waals surface area (Å²) in [6.45, 7) is 6.48. The van der Waals surface area contributed by atoms with E-state index in [4.69, 9.17) is 0 Å². The maximum Gasteiger partial charge on any atom is 0.00997 e. The Morgan fingerprint density at radius 2 is 1.42 bits per heavy atom. The number of unbranched alkanes of at least 4 members (excludes halogenated alkanes) is 5. The first kappa shape index (κ1) is 11.9. The van der Waals surface area contributed by atoms with Gasteiger partial charge in [0.1, 0.15) is 0 Å². The molecular formula is C10H24N2. The Bertz CT molecular complexity index is 64.2. The van der Waals surface area contributed by atoms with Crippen molar-refractivity contribution in [2.24, 2.45) is 0 Å². The minimum absolute atomic E-state index is 1.01. The zero-order valence-corrected chi connectivity index (χ0v) is 8.66. The molecule has 0 fully saturated rings. The van der Waals surface area contributed by atoms with E-state index in [1.54, 1.807) is 0 Å². The molecule has 74 valence electrons. The van der Waals surface area contributed by atoms with Crippen molar-refractivity contribution in [1.82, 2.24) is 10.9 Å². The molecule has 0 aromatic carbocycles. The van der Waals surface area contributed by atoms with Gasteiger partial charge >= 0.3 is 0 Å². The molecule has 2 N–H and O–H groups in total. The molecule has 0 spiro atoms. The van der Waals surface area contributed by atoms with E-state index in [2.05, 4.69) is 24.7 Å². The standard InChI is InChI=1S/C10H24N2/c1-3-5-6-7-8-9-10-12-11-4-2/h11-12H,3-10H2,1-2H3. The zero-order chi connectivity index (χ0) is 9.07. The molecule has 0 amide bonds. The third-order valence-corrected chi connectivity index (χ3v) is 1.96. The molecule has 0 aliphatic carbocycles. The van der Waals surface area contributed by atoms with Crippen LogP contribution in [0.4, 0.5) is 0 Å². The maximum absolute atomic E-state index is 3.18. The van der Waals surface area contributed by atoms with E-state index in [1.807, 2.05) is 0 Å². The van der Waals surface area contributed by atoms with Crippen molar-refractivity contribution in [3.63, 3.8) is 0 Å². The monoisotopic (exact) mass is 172 g/mol. The summed E-state index contributed by atoms with van der Waals surface area (Å²) < 4.78 is 0. The highest BCUT2D eigenvalue weighted by atomic mass is 15.3. The van der Waals surface area contributed by atoms with Crippen LogP contribution in [0.15, 0.2) is 0 Å². The summed E-state index contributed by atoms with van der Waals surface area (Å²) in [5, 5.41) is 0. The fourth-order valence-electron chi connectivity index (χ4n) is 1.21. The Hall–Kier alpha value is -0.0800. The topological polar surface area (TPSA) is 24.1 Å². The lowest BCUT2D eigenvalue weighted by Crippen LogP contribution is -2.31. The van der Waals surface area contributed by atoms with Crippen molar-refractivity contribution in [2.45, 2.75) is 52.4 Å². The van der Waals surface area contributed by atoms with Gasteiger partial charge in [-0.3, -0.25) is 10.9 Å². The summed E-state index contributed by atoms with van der Waals surface area (Å²) in [7, 11) is 0. The highest BCUT2D eigenvalue weighted by molar-refractivity contribution is 4.45. The van der Waals surface area contributed by atoms with E-state index in [0.717, 1.165) is 13.1 Å². The van der Waals surface area contributed by atoms with Gasteiger partial charge in [-0.05, 0) is 6.42 Å². The van der Waals surface area contributed by atoms with Crippen molar-refractivity contribution in [1.29, 1.82) is 0 Å². The Labute approximate surface area is 77.1 Å². The normalized spacial score (nSPS) is 10.5. The molecule has 0 bridgehead atoms. The largest absolute Gasteiger partial charge is 0.258 e. The number of hydrogen-bond acceptors (Lipinski definition) is 2. The van der Waals surface area contributed by atoms with E-state index < -0.39 is 0 Å². The van der Waals surface area contributed by atoms with Gasteiger partial charge in [0, 0.05) is 13.1 Å². The third kappa shape index (κ3) is 9.92. The van der Waals surface area contributed by atoms with Gasteiger partial charge in [0.15, 0.2) is 0 Å². The van der Waals surface area contributed by atoms with E-state index >= 15 is 0 Å². The maximum atomic E-state index is 3.18. The van der Waals surface area contributed by atoms with Crippen LogP contribution in [0.1, 0.15) is 52.4 Å². The molecule has 0 heterocycles. The second kappa shape index (κ2) is 10.9.